The molecule has 8 heteroatoms. The van der Waals surface area contributed by atoms with E-state index in [2.05, 4.69) is 4.98 Å². The summed E-state index contributed by atoms with van der Waals surface area (Å²) in [5.74, 6) is -0.698. The lowest BCUT2D eigenvalue weighted by Gasteiger charge is -2.26. The van der Waals surface area contributed by atoms with Crippen molar-refractivity contribution in [3.8, 4) is 0 Å². The Balaban J connectivity index is 1.48. The number of aromatic amines is 1. The quantitative estimate of drug-likeness (QED) is 0.723. The van der Waals surface area contributed by atoms with E-state index in [0.717, 1.165) is 16.5 Å². The molecule has 0 aliphatic carbocycles. The lowest BCUT2D eigenvalue weighted by molar-refractivity contribution is -0.152. The Morgan fingerprint density at radius 3 is 2.78 bits per heavy atom. The Morgan fingerprint density at radius 1 is 1.30 bits per heavy atom. The number of aromatic nitrogens is 1. The van der Waals surface area contributed by atoms with E-state index in [4.69, 9.17) is 4.74 Å². The van der Waals surface area contributed by atoms with Crippen LogP contribution in [0.3, 0.4) is 0 Å². The highest BCUT2D eigenvalue weighted by atomic mass is 32.2. The standard InChI is InChI=1S/C19H24N2O5S/c1-2-21(15-9-10-27(24,25)13-15)18(22)12-26-19(23)8-7-14-11-20-17-6-4-3-5-16(14)17/h3-6,11,15,20H,2,7-10,12-13H2,1H3/t15-/m1/s1. The average molecular weight is 392 g/mol. The van der Waals surface area contributed by atoms with Crippen molar-refractivity contribution in [1.82, 2.24) is 9.88 Å². The van der Waals surface area contributed by atoms with Crippen molar-refractivity contribution in [3.05, 3.63) is 36.0 Å². The molecule has 0 saturated carbocycles. The zero-order chi connectivity index (χ0) is 19.4. The summed E-state index contributed by atoms with van der Waals surface area (Å²) in [6.45, 7) is 1.84. The second kappa shape index (κ2) is 8.12. The van der Waals surface area contributed by atoms with Crippen molar-refractivity contribution in [2.75, 3.05) is 24.7 Å². The number of amides is 1. The van der Waals surface area contributed by atoms with Crippen LogP contribution in [0.2, 0.25) is 0 Å². The van der Waals surface area contributed by atoms with E-state index in [1.165, 1.54) is 4.90 Å². The lowest BCUT2D eigenvalue weighted by Crippen LogP contribution is -2.43. The van der Waals surface area contributed by atoms with Gasteiger partial charge in [-0.1, -0.05) is 18.2 Å². The smallest absolute Gasteiger partial charge is 0.306 e. The fraction of sp³-hybridized carbons (Fsp3) is 0.474. The SMILES string of the molecule is CCN(C(=O)COC(=O)CCc1c[nH]c2ccccc12)[C@@H]1CCS(=O)(=O)C1. The van der Waals surface area contributed by atoms with E-state index in [-0.39, 0.29) is 36.5 Å². The van der Waals surface area contributed by atoms with Gasteiger partial charge in [0.2, 0.25) is 0 Å². The van der Waals surface area contributed by atoms with Gasteiger partial charge in [0.15, 0.2) is 16.4 Å². The maximum Gasteiger partial charge on any atom is 0.306 e. The number of aryl methyl sites for hydroxylation is 1. The van der Waals surface area contributed by atoms with Crippen LogP contribution >= 0.6 is 0 Å². The minimum Gasteiger partial charge on any atom is -0.456 e. The number of hydrogen-bond acceptors (Lipinski definition) is 5. The topological polar surface area (TPSA) is 96.5 Å². The van der Waals surface area contributed by atoms with Crippen molar-refractivity contribution in [1.29, 1.82) is 0 Å². The first kappa shape index (κ1) is 19.4. The third-order valence-electron chi connectivity index (χ3n) is 4.94. The molecular formula is C19H24N2O5S. The molecule has 27 heavy (non-hydrogen) atoms. The van der Waals surface area contributed by atoms with Gasteiger partial charge in [0, 0.05) is 36.1 Å². The zero-order valence-corrected chi connectivity index (χ0v) is 16.1. The maximum atomic E-state index is 12.3. The van der Waals surface area contributed by atoms with Crippen LogP contribution in [0.5, 0.6) is 0 Å². The van der Waals surface area contributed by atoms with Gasteiger partial charge >= 0.3 is 5.97 Å². The van der Waals surface area contributed by atoms with E-state index in [9.17, 15) is 18.0 Å². The highest BCUT2D eigenvalue weighted by Gasteiger charge is 2.34. The van der Waals surface area contributed by atoms with Gasteiger partial charge in [0.25, 0.3) is 5.91 Å². The largest absolute Gasteiger partial charge is 0.456 e. The number of nitrogens with one attached hydrogen (secondary N) is 1. The molecule has 0 bridgehead atoms. The van der Waals surface area contributed by atoms with Gasteiger partial charge in [-0.2, -0.15) is 0 Å². The summed E-state index contributed by atoms with van der Waals surface area (Å²) in [7, 11) is -3.07. The summed E-state index contributed by atoms with van der Waals surface area (Å²) in [5, 5.41) is 1.07. The Kier molecular flexibility index (Phi) is 5.84. The number of esters is 1. The number of carbonyl (C=O) groups excluding carboxylic acids is 2. The van der Waals surface area contributed by atoms with E-state index in [1.807, 2.05) is 30.5 Å². The highest BCUT2D eigenvalue weighted by Crippen LogP contribution is 2.20. The molecule has 0 unspecified atom stereocenters. The number of H-pyrrole nitrogens is 1. The molecule has 1 N–H and O–H groups in total. The summed E-state index contributed by atoms with van der Waals surface area (Å²) in [4.78, 5) is 29.0. The van der Waals surface area contributed by atoms with E-state index in [1.54, 1.807) is 6.92 Å². The van der Waals surface area contributed by atoms with Crippen LogP contribution in [-0.4, -0.2) is 60.9 Å². The number of carbonyl (C=O) groups is 2. The fourth-order valence-electron chi connectivity index (χ4n) is 3.53. The molecule has 1 atom stereocenters. The second-order valence-electron chi connectivity index (χ2n) is 6.76. The van der Waals surface area contributed by atoms with Gasteiger partial charge in [-0.3, -0.25) is 9.59 Å². The third kappa shape index (κ3) is 4.68. The van der Waals surface area contributed by atoms with Crippen LogP contribution in [0.1, 0.15) is 25.3 Å². The number of hydrogen-bond donors (Lipinski definition) is 1. The minimum absolute atomic E-state index is 0.0128. The molecule has 0 spiro atoms. The van der Waals surface area contributed by atoms with E-state index < -0.39 is 15.8 Å². The van der Waals surface area contributed by atoms with Crippen LogP contribution in [0.25, 0.3) is 10.9 Å². The van der Waals surface area contributed by atoms with Crippen LogP contribution in [-0.2, 0) is 30.6 Å². The van der Waals surface area contributed by atoms with Gasteiger partial charge in [-0.05, 0) is 31.4 Å². The first-order valence-electron chi connectivity index (χ1n) is 9.10. The molecule has 1 aliphatic rings. The molecule has 0 radical (unpaired) electrons. The highest BCUT2D eigenvalue weighted by molar-refractivity contribution is 7.91. The maximum absolute atomic E-state index is 12.3. The molecule has 1 aromatic heterocycles. The molecule has 7 nitrogen and oxygen atoms in total. The molecule has 1 amide bonds. The number of rotatable bonds is 7. The third-order valence-corrected chi connectivity index (χ3v) is 6.69. The molecule has 1 saturated heterocycles. The zero-order valence-electron chi connectivity index (χ0n) is 15.3. The van der Waals surface area contributed by atoms with Crippen LogP contribution in [0.15, 0.2) is 30.5 Å². The van der Waals surface area contributed by atoms with Crippen molar-refractivity contribution >= 4 is 32.6 Å². The molecule has 1 aromatic carbocycles. The summed E-state index contributed by atoms with van der Waals surface area (Å²) in [6.07, 6.45) is 3.02. The Labute approximate surface area is 158 Å². The van der Waals surface area contributed by atoms with Gasteiger partial charge in [0.1, 0.15) is 0 Å². The summed E-state index contributed by atoms with van der Waals surface area (Å²) in [6, 6.07) is 7.53. The van der Waals surface area contributed by atoms with Gasteiger partial charge < -0.3 is 14.6 Å². The van der Waals surface area contributed by atoms with Crippen molar-refractivity contribution < 1.29 is 22.7 Å². The van der Waals surface area contributed by atoms with Crippen molar-refractivity contribution in [3.63, 3.8) is 0 Å². The normalized spacial score (nSPS) is 18.5. The minimum atomic E-state index is -3.07. The number of nitrogens with zero attached hydrogens (tertiary/aromatic N) is 1. The van der Waals surface area contributed by atoms with Crippen LogP contribution in [0.4, 0.5) is 0 Å². The monoisotopic (exact) mass is 392 g/mol. The van der Waals surface area contributed by atoms with Crippen LogP contribution < -0.4 is 0 Å². The Hall–Kier alpha value is -2.35. The Morgan fingerprint density at radius 2 is 2.07 bits per heavy atom. The number of likely N-dealkylation sites (N-methyl/N-ethyl adjacent to an activating group) is 1. The van der Waals surface area contributed by atoms with Crippen molar-refractivity contribution in [2.45, 2.75) is 32.2 Å². The average Bonchev–Trinajstić information content (AvgIpc) is 3.22. The van der Waals surface area contributed by atoms with Gasteiger partial charge in [-0.25, -0.2) is 8.42 Å². The van der Waals surface area contributed by atoms with Gasteiger partial charge in [0.05, 0.1) is 11.5 Å². The summed E-state index contributed by atoms with van der Waals surface area (Å²) < 4.78 is 28.3. The van der Waals surface area contributed by atoms with Gasteiger partial charge in [-0.15, -0.1) is 0 Å². The molecule has 2 heterocycles. The number of benzene rings is 1. The second-order valence-corrected chi connectivity index (χ2v) is 8.99. The number of ether oxygens (including phenoxy) is 1. The molecule has 1 fully saturated rings. The fourth-order valence-corrected chi connectivity index (χ4v) is 5.26. The number of para-hydroxylation sites is 1. The molecule has 2 aromatic rings. The van der Waals surface area contributed by atoms with Crippen molar-refractivity contribution in [2.24, 2.45) is 0 Å². The van der Waals surface area contributed by atoms with E-state index >= 15 is 0 Å². The van der Waals surface area contributed by atoms with Crippen LogP contribution in [0, 0.1) is 0 Å². The molecule has 1 aliphatic heterocycles. The Bertz CT molecular complexity index is 934. The molecular weight excluding hydrogens is 368 g/mol. The number of sulfone groups is 1. The number of fused-ring (bicyclic) bond motifs is 1. The van der Waals surface area contributed by atoms with E-state index in [0.29, 0.717) is 19.4 Å². The first-order valence-corrected chi connectivity index (χ1v) is 10.9. The predicted molar refractivity (Wildman–Crippen MR) is 102 cm³/mol. The molecule has 3 rings (SSSR count). The summed E-state index contributed by atoms with van der Waals surface area (Å²) >= 11 is 0. The first-order chi connectivity index (χ1) is 12.9. The summed E-state index contributed by atoms with van der Waals surface area (Å²) in [5.41, 5.74) is 2.04. The molecule has 146 valence electrons. The predicted octanol–water partition coefficient (Wildman–Crippen LogP) is 1.68. The lowest BCUT2D eigenvalue weighted by atomic mass is 10.1.